The van der Waals surface area contributed by atoms with E-state index in [2.05, 4.69) is 17.3 Å². The molecule has 0 unspecified atom stereocenters. The molecule has 1 aliphatic carbocycles. The fourth-order valence-corrected chi connectivity index (χ4v) is 2.48. The van der Waals surface area contributed by atoms with Gasteiger partial charge in [0.15, 0.2) is 0 Å². The largest absolute Gasteiger partial charge is 0.351 e. The van der Waals surface area contributed by atoms with Gasteiger partial charge in [-0.25, -0.2) is 0 Å². The van der Waals surface area contributed by atoms with Crippen LogP contribution in [0.15, 0.2) is 6.20 Å². The predicted octanol–water partition coefficient (Wildman–Crippen LogP) is 1.46. The SMILES string of the molecule is Cc1c(C(=O)NCC2(C)CCC2)cnn1CCCN. The standard InChI is InChI=1S/C14H24N4O/c1-11-12(9-17-18(11)8-4-7-15)13(19)16-10-14(2)5-3-6-14/h9H,3-8,10,15H2,1-2H3,(H,16,19). The molecule has 0 saturated heterocycles. The van der Waals surface area contributed by atoms with Gasteiger partial charge in [-0.1, -0.05) is 13.3 Å². The Kier molecular flexibility index (Phi) is 4.24. The maximum absolute atomic E-state index is 12.2. The van der Waals surface area contributed by atoms with E-state index < -0.39 is 0 Å². The minimum absolute atomic E-state index is 0.00961. The molecule has 0 bridgehead atoms. The van der Waals surface area contributed by atoms with Crippen molar-refractivity contribution in [1.82, 2.24) is 15.1 Å². The van der Waals surface area contributed by atoms with Gasteiger partial charge in [-0.3, -0.25) is 9.48 Å². The minimum Gasteiger partial charge on any atom is -0.351 e. The van der Waals surface area contributed by atoms with Gasteiger partial charge in [0, 0.05) is 18.8 Å². The smallest absolute Gasteiger partial charge is 0.254 e. The van der Waals surface area contributed by atoms with Gasteiger partial charge in [0.25, 0.3) is 5.91 Å². The van der Waals surface area contributed by atoms with Crippen LogP contribution in [-0.4, -0.2) is 28.8 Å². The molecule has 106 valence electrons. The van der Waals surface area contributed by atoms with Gasteiger partial charge < -0.3 is 11.1 Å². The van der Waals surface area contributed by atoms with E-state index in [0.29, 0.717) is 17.5 Å². The molecule has 1 aromatic heterocycles. The number of nitrogens with one attached hydrogen (secondary N) is 1. The molecule has 1 fully saturated rings. The summed E-state index contributed by atoms with van der Waals surface area (Å²) in [5.74, 6) is -0.00961. The highest BCUT2D eigenvalue weighted by molar-refractivity contribution is 5.95. The predicted molar refractivity (Wildman–Crippen MR) is 74.9 cm³/mol. The van der Waals surface area contributed by atoms with Gasteiger partial charge in [0.2, 0.25) is 0 Å². The summed E-state index contributed by atoms with van der Waals surface area (Å²) in [5, 5.41) is 7.29. The van der Waals surface area contributed by atoms with Crippen molar-refractivity contribution < 1.29 is 4.79 Å². The van der Waals surface area contributed by atoms with Crippen molar-refractivity contribution in [2.24, 2.45) is 11.1 Å². The van der Waals surface area contributed by atoms with Crippen molar-refractivity contribution >= 4 is 5.91 Å². The fraction of sp³-hybridized carbons (Fsp3) is 0.714. The lowest BCUT2D eigenvalue weighted by Gasteiger charge is -2.38. The first kappa shape index (κ1) is 14.1. The highest BCUT2D eigenvalue weighted by Crippen LogP contribution is 2.39. The summed E-state index contributed by atoms with van der Waals surface area (Å²) in [6.07, 6.45) is 6.23. The number of carbonyl (C=O) groups is 1. The zero-order valence-electron chi connectivity index (χ0n) is 11.9. The summed E-state index contributed by atoms with van der Waals surface area (Å²) in [4.78, 5) is 12.2. The zero-order valence-corrected chi connectivity index (χ0v) is 11.9. The van der Waals surface area contributed by atoms with Gasteiger partial charge in [0.1, 0.15) is 0 Å². The summed E-state index contributed by atoms with van der Waals surface area (Å²) in [6, 6.07) is 0. The maximum Gasteiger partial charge on any atom is 0.254 e. The molecule has 5 heteroatoms. The van der Waals surface area contributed by atoms with Gasteiger partial charge in [-0.2, -0.15) is 5.10 Å². The molecule has 0 atom stereocenters. The van der Waals surface area contributed by atoms with Crippen LogP contribution < -0.4 is 11.1 Å². The lowest BCUT2D eigenvalue weighted by atomic mass is 9.70. The Hall–Kier alpha value is -1.36. The van der Waals surface area contributed by atoms with Crippen molar-refractivity contribution in [2.75, 3.05) is 13.1 Å². The van der Waals surface area contributed by atoms with E-state index in [4.69, 9.17) is 5.73 Å². The van der Waals surface area contributed by atoms with Gasteiger partial charge in [-0.15, -0.1) is 0 Å². The number of nitrogens with zero attached hydrogens (tertiary/aromatic N) is 2. The van der Waals surface area contributed by atoms with Crippen molar-refractivity contribution in [1.29, 1.82) is 0 Å². The molecule has 0 radical (unpaired) electrons. The van der Waals surface area contributed by atoms with Crippen molar-refractivity contribution in [2.45, 2.75) is 46.1 Å². The second-order valence-corrected chi connectivity index (χ2v) is 5.86. The highest BCUT2D eigenvalue weighted by Gasteiger charge is 2.32. The average molecular weight is 264 g/mol. The topological polar surface area (TPSA) is 72.9 Å². The number of nitrogens with two attached hydrogens (primary N) is 1. The first-order chi connectivity index (χ1) is 9.06. The van der Waals surface area contributed by atoms with E-state index >= 15 is 0 Å². The van der Waals surface area contributed by atoms with E-state index in [1.807, 2.05) is 11.6 Å². The van der Waals surface area contributed by atoms with E-state index in [0.717, 1.165) is 25.2 Å². The molecule has 0 aromatic carbocycles. The van der Waals surface area contributed by atoms with E-state index in [-0.39, 0.29) is 5.91 Å². The summed E-state index contributed by atoms with van der Waals surface area (Å²) in [7, 11) is 0. The Morgan fingerprint density at radius 3 is 2.89 bits per heavy atom. The molecular formula is C14H24N4O. The van der Waals surface area contributed by atoms with Crippen LogP contribution in [0.1, 0.15) is 48.7 Å². The molecule has 1 aromatic rings. The van der Waals surface area contributed by atoms with Crippen LogP contribution in [0.5, 0.6) is 0 Å². The molecule has 0 aliphatic heterocycles. The molecule has 1 amide bonds. The third-order valence-electron chi connectivity index (χ3n) is 4.16. The Balaban J connectivity index is 1.93. The third-order valence-corrected chi connectivity index (χ3v) is 4.16. The third kappa shape index (κ3) is 3.15. The number of aromatic nitrogens is 2. The Morgan fingerprint density at radius 1 is 1.58 bits per heavy atom. The molecule has 1 aliphatic rings. The van der Waals surface area contributed by atoms with Crippen LogP contribution in [-0.2, 0) is 6.54 Å². The van der Waals surface area contributed by atoms with Crippen molar-refractivity contribution in [3.8, 4) is 0 Å². The number of carbonyl (C=O) groups excluding carboxylic acids is 1. The quantitative estimate of drug-likeness (QED) is 0.817. The normalized spacial score (nSPS) is 17.0. The van der Waals surface area contributed by atoms with Gasteiger partial charge in [-0.05, 0) is 38.1 Å². The van der Waals surface area contributed by atoms with Crippen molar-refractivity contribution in [3.05, 3.63) is 17.5 Å². The molecule has 3 N–H and O–H groups in total. The lowest BCUT2D eigenvalue weighted by Crippen LogP contribution is -2.40. The van der Waals surface area contributed by atoms with E-state index in [1.165, 1.54) is 19.3 Å². The Morgan fingerprint density at radius 2 is 2.32 bits per heavy atom. The summed E-state index contributed by atoms with van der Waals surface area (Å²) >= 11 is 0. The van der Waals surface area contributed by atoms with Crippen LogP contribution in [0.4, 0.5) is 0 Å². The fourth-order valence-electron chi connectivity index (χ4n) is 2.48. The van der Waals surface area contributed by atoms with Crippen LogP contribution in [0.3, 0.4) is 0 Å². The molecule has 1 saturated carbocycles. The average Bonchev–Trinajstić information content (AvgIpc) is 2.72. The van der Waals surface area contributed by atoms with E-state index in [1.54, 1.807) is 6.20 Å². The van der Waals surface area contributed by atoms with Gasteiger partial charge >= 0.3 is 0 Å². The van der Waals surface area contributed by atoms with Crippen LogP contribution in [0.2, 0.25) is 0 Å². The maximum atomic E-state index is 12.2. The Labute approximate surface area is 114 Å². The molecule has 2 rings (SSSR count). The number of amides is 1. The second kappa shape index (κ2) is 5.74. The van der Waals surface area contributed by atoms with Gasteiger partial charge in [0.05, 0.1) is 11.8 Å². The molecule has 5 nitrogen and oxygen atoms in total. The van der Waals surface area contributed by atoms with Crippen LogP contribution in [0, 0.1) is 12.3 Å². The first-order valence-electron chi connectivity index (χ1n) is 7.06. The number of aryl methyl sites for hydroxylation is 1. The number of hydrogen-bond donors (Lipinski definition) is 2. The number of rotatable bonds is 6. The highest BCUT2D eigenvalue weighted by atomic mass is 16.1. The molecule has 0 spiro atoms. The monoisotopic (exact) mass is 264 g/mol. The summed E-state index contributed by atoms with van der Waals surface area (Å²) < 4.78 is 1.85. The molecule has 19 heavy (non-hydrogen) atoms. The van der Waals surface area contributed by atoms with Crippen molar-refractivity contribution in [3.63, 3.8) is 0 Å². The van der Waals surface area contributed by atoms with E-state index in [9.17, 15) is 4.79 Å². The zero-order chi connectivity index (χ0) is 13.9. The molecular weight excluding hydrogens is 240 g/mol. The minimum atomic E-state index is -0.00961. The summed E-state index contributed by atoms with van der Waals surface area (Å²) in [6.45, 7) is 6.34. The lowest BCUT2D eigenvalue weighted by molar-refractivity contribution is 0.0890. The van der Waals surface area contributed by atoms with Crippen LogP contribution in [0.25, 0.3) is 0 Å². The Bertz CT molecular complexity index is 448. The summed E-state index contributed by atoms with van der Waals surface area (Å²) in [5.41, 5.74) is 7.40. The van der Waals surface area contributed by atoms with Crippen LogP contribution >= 0.6 is 0 Å². The molecule has 1 heterocycles. The first-order valence-corrected chi connectivity index (χ1v) is 7.06. The second-order valence-electron chi connectivity index (χ2n) is 5.86. The number of hydrogen-bond acceptors (Lipinski definition) is 3.